The third kappa shape index (κ3) is 2.74. The standard InChI is InChI=1S/C19H21N3O2S/c1-14-12-21(17(23)10-16-5-3-9-25-16)13-19(14)6-8-22(18(19)24)15-4-2-7-20-11-15/h2-5,7,9,11,14H,6,8,10,12-13H2,1H3/t14-,19-/m0/s1. The number of thiophene rings is 1. The van der Waals surface area contributed by atoms with E-state index in [4.69, 9.17) is 0 Å². The van der Waals surface area contributed by atoms with Crippen LogP contribution in [0.5, 0.6) is 0 Å². The molecule has 0 saturated carbocycles. The Morgan fingerprint density at radius 1 is 1.40 bits per heavy atom. The normalized spacial score (nSPS) is 26.0. The van der Waals surface area contributed by atoms with E-state index in [1.807, 2.05) is 39.4 Å². The molecule has 25 heavy (non-hydrogen) atoms. The molecule has 4 heterocycles. The van der Waals surface area contributed by atoms with Gasteiger partial charge in [-0.1, -0.05) is 13.0 Å². The molecule has 2 aromatic heterocycles. The van der Waals surface area contributed by atoms with Crippen LogP contribution in [0.4, 0.5) is 5.69 Å². The third-order valence-corrected chi connectivity index (χ3v) is 6.46. The Morgan fingerprint density at radius 3 is 3.00 bits per heavy atom. The Kier molecular flexibility index (Phi) is 4.07. The van der Waals surface area contributed by atoms with Crippen molar-refractivity contribution in [3.05, 3.63) is 46.9 Å². The van der Waals surface area contributed by atoms with Gasteiger partial charge in [0.05, 0.1) is 23.7 Å². The van der Waals surface area contributed by atoms with Crippen LogP contribution in [0.2, 0.25) is 0 Å². The Hall–Kier alpha value is -2.21. The SMILES string of the molecule is C[C@H]1CN(C(=O)Cc2cccs2)C[C@@]12CCN(c1cccnc1)C2=O. The number of hydrogen-bond donors (Lipinski definition) is 0. The second-order valence-corrected chi connectivity index (χ2v) is 8.04. The van der Waals surface area contributed by atoms with Crippen LogP contribution in [0.15, 0.2) is 42.0 Å². The van der Waals surface area contributed by atoms with Crippen LogP contribution in [0.25, 0.3) is 0 Å². The Morgan fingerprint density at radius 2 is 2.28 bits per heavy atom. The van der Waals surface area contributed by atoms with Crippen LogP contribution in [-0.2, 0) is 16.0 Å². The van der Waals surface area contributed by atoms with Gasteiger partial charge in [0.15, 0.2) is 0 Å². The first-order valence-corrected chi connectivity index (χ1v) is 9.50. The summed E-state index contributed by atoms with van der Waals surface area (Å²) in [6.07, 6.45) is 4.67. The van der Waals surface area contributed by atoms with Crippen LogP contribution in [0.3, 0.4) is 0 Å². The van der Waals surface area contributed by atoms with Gasteiger partial charge in [-0.2, -0.15) is 0 Å². The smallest absolute Gasteiger partial charge is 0.235 e. The molecule has 1 spiro atoms. The lowest BCUT2D eigenvalue weighted by Crippen LogP contribution is -2.40. The van der Waals surface area contributed by atoms with Gasteiger partial charge in [0.1, 0.15) is 0 Å². The molecule has 0 N–H and O–H groups in total. The molecule has 5 nitrogen and oxygen atoms in total. The molecular formula is C19H21N3O2S. The van der Waals surface area contributed by atoms with Crippen LogP contribution in [-0.4, -0.2) is 41.3 Å². The Labute approximate surface area is 151 Å². The molecule has 0 aromatic carbocycles. The minimum atomic E-state index is -0.444. The first-order chi connectivity index (χ1) is 12.1. The van der Waals surface area contributed by atoms with E-state index in [0.717, 1.165) is 17.0 Å². The number of carbonyl (C=O) groups is 2. The van der Waals surface area contributed by atoms with Crippen molar-refractivity contribution in [1.82, 2.24) is 9.88 Å². The van der Waals surface area contributed by atoms with Gasteiger partial charge >= 0.3 is 0 Å². The number of pyridine rings is 1. The average Bonchev–Trinajstić information content (AvgIpc) is 3.32. The molecule has 2 fully saturated rings. The quantitative estimate of drug-likeness (QED) is 0.850. The van der Waals surface area contributed by atoms with Gasteiger partial charge in [0, 0.05) is 30.7 Å². The van der Waals surface area contributed by atoms with E-state index in [2.05, 4.69) is 11.9 Å². The fraction of sp³-hybridized carbons (Fsp3) is 0.421. The largest absolute Gasteiger partial charge is 0.341 e. The second kappa shape index (κ2) is 6.26. The highest BCUT2D eigenvalue weighted by Crippen LogP contribution is 2.45. The summed E-state index contributed by atoms with van der Waals surface area (Å²) in [7, 11) is 0. The minimum absolute atomic E-state index is 0.124. The molecule has 2 aliphatic rings. The zero-order chi connectivity index (χ0) is 17.4. The van der Waals surface area contributed by atoms with Crippen LogP contribution < -0.4 is 4.90 Å². The predicted octanol–water partition coefficient (Wildman–Crippen LogP) is 2.59. The lowest BCUT2D eigenvalue weighted by molar-refractivity contribution is -0.130. The minimum Gasteiger partial charge on any atom is -0.341 e. The van der Waals surface area contributed by atoms with Gasteiger partial charge in [-0.15, -0.1) is 11.3 Å². The molecule has 2 aromatic rings. The number of amides is 2. The molecule has 130 valence electrons. The summed E-state index contributed by atoms with van der Waals surface area (Å²) in [5.41, 5.74) is 0.404. The van der Waals surface area contributed by atoms with Crippen LogP contribution in [0.1, 0.15) is 18.2 Å². The van der Waals surface area contributed by atoms with Crippen LogP contribution in [0, 0.1) is 11.3 Å². The summed E-state index contributed by atoms with van der Waals surface area (Å²) in [5, 5.41) is 1.99. The number of likely N-dealkylation sites (tertiary alicyclic amines) is 1. The zero-order valence-corrected chi connectivity index (χ0v) is 15.0. The van der Waals surface area contributed by atoms with E-state index in [1.54, 1.807) is 23.7 Å². The molecule has 2 atom stereocenters. The van der Waals surface area contributed by atoms with Gasteiger partial charge in [0.25, 0.3) is 0 Å². The molecule has 4 rings (SSSR count). The third-order valence-electron chi connectivity index (χ3n) is 5.58. The van der Waals surface area contributed by atoms with Crippen molar-refractivity contribution >= 4 is 28.8 Å². The predicted molar refractivity (Wildman–Crippen MR) is 97.4 cm³/mol. The summed E-state index contributed by atoms with van der Waals surface area (Å²) < 4.78 is 0. The van der Waals surface area contributed by atoms with Gasteiger partial charge in [-0.25, -0.2) is 0 Å². The van der Waals surface area contributed by atoms with E-state index < -0.39 is 5.41 Å². The van der Waals surface area contributed by atoms with E-state index in [1.165, 1.54) is 0 Å². The zero-order valence-electron chi connectivity index (χ0n) is 14.2. The van der Waals surface area contributed by atoms with E-state index in [0.29, 0.717) is 26.1 Å². The lowest BCUT2D eigenvalue weighted by Gasteiger charge is -2.26. The van der Waals surface area contributed by atoms with Crippen molar-refractivity contribution in [2.45, 2.75) is 19.8 Å². The maximum Gasteiger partial charge on any atom is 0.235 e. The highest BCUT2D eigenvalue weighted by Gasteiger charge is 2.56. The summed E-state index contributed by atoms with van der Waals surface area (Å²) in [6.45, 7) is 4.00. The highest BCUT2D eigenvalue weighted by atomic mass is 32.1. The molecule has 6 heteroatoms. The maximum absolute atomic E-state index is 13.2. The summed E-state index contributed by atoms with van der Waals surface area (Å²) in [5.74, 6) is 0.437. The molecular weight excluding hydrogens is 334 g/mol. The second-order valence-electron chi connectivity index (χ2n) is 7.01. The van der Waals surface area contributed by atoms with Gasteiger partial charge in [-0.3, -0.25) is 14.6 Å². The summed E-state index contributed by atoms with van der Waals surface area (Å²) in [6, 6.07) is 7.72. The van der Waals surface area contributed by atoms with Crippen molar-refractivity contribution < 1.29 is 9.59 Å². The van der Waals surface area contributed by atoms with E-state index in [9.17, 15) is 9.59 Å². The topological polar surface area (TPSA) is 53.5 Å². The number of anilines is 1. The fourth-order valence-corrected chi connectivity index (χ4v) is 4.78. The van der Waals surface area contributed by atoms with Gasteiger partial charge in [-0.05, 0) is 35.9 Å². The van der Waals surface area contributed by atoms with Crippen molar-refractivity contribution in [2.75, 3.05) is 24.5 Å². The molecule has 2 saturated heterocycles. The molecule has 0 unspecified atom stereocenters. The fourth-order valence-electron chi connectivity index (χ4n) is 4.08. The number of carbonyl (C=O) groups excluding carboxylic acids is 2. The number of aromatic nitrogens is 1. The van der Waals surface area contributed by atoms with Gasteiger partial charge in [0.2, 0.25) is 11.8 Å². The number of rotatable bonds is 3. The van der Waals surface area contributed by atoms with Gasteiger partial charge < -0.3 is 9.80 Å². The number of hydrogen-bond acceptors (Lipinski definition) is 4. The monoisotopic (exact) mass is 355 g/mol. The maximum atomic E-state index is 13.2. The van der Waals surface area contributed by atoms with Crippen LogP contribution >= 0.6 is 11.3 Å². The summed E-state index contributed by atoms with van der Waals surface area (Å²) in [4.78, 5) is 34.8. The number of nitrogens with zero attached hydrogens (tertiary/aromatic N) is 3. The molecule has 0 radical (unpaired) electrons. The van der Waals surface area contributed by atoms with E-state index in [-0.39, 0.29) is 17.7 Å². The van der Waals surface area contributed by atoms with Crippen molar-refractivity contribution in [3.63, 3.8) is 0 Å². The van der Waals surface area contributed by atoms with Crippen molar-refractivity contribution in [1.29, 1.82) is 0 Å². The molecule has 0 bridgehead atoms. The average molecular weight is 355 g/mol. The summed E-state index contributed by atoms with van der Waals surface area (Å²) >= 11 is 1.60. The molecule has 0 aliphatic carbocycles. The molecule has 2 amide bonds. The van der Waals surface area contributed by atoms with E-state index >= 15 is 0 Å². The molecule has 2 aliphatic heterocycles. The Balaban J connectivity index is 1.51. The lowest BCUT2D eigenvalue weighted by atomic mass is 9.78. The Bertz CT molecular complexity index is 777. The highest BCUT2D eigenvalue weighted by molar-refractivity contribution is 7.10. The first kappa shape index (κ1) is 16.3. The first-order valence-electron chi connectivity index (χ1n) is 8.62. The van der Waals surface area contributed by atoms with Crippen molar-refractivity contribution in [2.24, 2.45) is 11.3 Å². The van der Waals surface area contributed by atoms with Crippen molar-refractivity contribution in [3.8, 4) is 0 Å².